The average Bonchev–Trinajstić information content (AvgIpc) is 3.28. The predicted molar refractivity (Wildman–Crippen MR) is 135 cm³/mol. The van der Waals surface area contributed by atoms with E-state index >= 15 is 0 Å². The van der Waals surface area contributed by atoms with E-state index in [9.17, 15) is 28.9 Å². The first-order valence-corrected chi connectivity index (χ1v) is 12.9. The topological polar surface area (TPSA) is 182 Å². The number of fused-ring (bicyclic) bond motifs is 1. The zero-order valence-electron chi connectivity index (χ0n) is 21.7. The maximum absolute atomic E-state index is 13.3. The van der Waals surface area contributed by atoms with Crippen molar-refractivity contribution in [2.45, 2.75) is 46.0 Å². The Kier molecular flexibility index (Phi) is 7.35. The summed E-state index contributed by atoms with van der Waals surface area (Å²) in [6.07, 6.45) is 0. The summed E-state index contributed by atoms with van der Waals surface area (Å²) in [7, 11) is -2.12. The maximum atomic E-state index is 13.3. The number of hydrogen-bond donors (Lipinski definition) is 1. The minimum absolute atomic E-state index is 0.0707. The number of ether oxygens (including phenoxy) is 2. The molecular weight excluding hydrogens is 530 g/mol. The van der Waals surface area contributed by atoms with E-state index in [1.54, 1.807) is 51.1 Å². The number of carbonyl (C=O) groups excluding carboxylic acids is 4. The number of hydrogen-bond acceptors (Lipinski definition) is 9. The summed E-state index contributed by atoms with van der Waals surface area (Å²) in [5, 5.41) is 4.86. The Labute approximate surface area is 225 Å². The molecule has 0 spiro atoms. The minimum atomic E-state index is -2.12. The molecule has 2 aliphatic heterocycles. The first-order valence-electron chi connectivity index (χ1n) is 11.7. The molecule has 2 amide bonds. The summed E-state index contributed by atoms with van der Waals surface area (Å²) in [5.41, 5.74) is 9.19. The maximum Gasteiger partial charge on any atom is 0.386 e. The van der Waals surface area contributed by atoms with Gasteiger partial charge >= 0.3 is 17.0 Å². The number of amides is 2. The molecule has 14 heteroatoms. The molecule has 2 aliphatic rings. The number of benzene rings is 1. The van der Waals surface area contributed by atoms with E-state index in [0.717, 1.165) is 4.90 Å². The van der Waals surface area contributed by atoms with Gasteiger partial charge in [-0.3, -0.25) is 19.3 Å². The fraction of sp³-hybridized carbons (Fsp3) is 0.360. The Morgan fingerprint density at radius 2 is 1.85 bits per heavy atom. The lowest BCUT2D eigenvalue weighted by molar-refractivity contribution is -0.173. The lowest BCUT2D eigenvalue weighted by atomic mass is 9.98. The summed E-state index contributed by atoms with van der Waals surface area (Å²) in [6.45, 7) is 6.98. The molecule has 39 heavy (non-hydrogen) atoms. The van der Waals surface area contributed by atoms with Crippen molar-refractivity contribution in [2.24, 2.45) is 5.41 Å². The zero-order valence-corrected chi connectivity index (χ0v) is 22.5. The van der Waals surface area contributed by atoms with Gasteiger partial charge in [-0.15, -0.1) is 0 Å². The number of aryl methyl sites for hydroxylation is 1. The highest BCUT2D eigenvalue weighted by molar-refractivity contribution is 8.01. The molecule has 0 aliphatic carbocycles. The number of carbonyl (C=O) groups is 4. The second-order valence-electron chi connectivity index (χ2n) is 9.79. The quantitative estimate of drug-likeness (QED) is 0.182. The lowest BCUT2D eigenvalue weighted by Gasteiger charge is -2.47. The highest BCUT2D eigenvalue weighted by Gasteiger charge is 2.61. The second-order valence-corrected chi connectivity index (χ2v) is 11.3. The molecule has 0 radical (unpaired) electrons. The van der Waals surface area contributed by atoms with E-state index in [1.807, 2.05) is 0 Å². The second kappa shape index (κ2) is 10.4. The highest BCUT2D eigenvalue weighted by Crippen LogP contribution is 2.36. The van der Waals surface area contributed by atoms with Gasteiger partial charge in [0.25, 0.3) is 11.8 Å². The van der Waals surface area contributed by atoms with Gasteiger partial charge in [-0.25, -0.2) is 9.00 Å². The molecule has 2 unspecified atom stereocenters. The monoisotopic (exact) mass is 555 g/mol. The van der Waals surface area contributed by atoms with E-state index in [0.29, 0.717) is 5.56 Å². The third-order valence-electron chi connectivity index (χ3n) is 6.07. The number of β-lactam (4-membered cyclic amide) rings is 1. The van der Waals surface area contributed by atoms with Crippen LogP contribution < -0.4 is 5.32 Å². The van der Waals surface area contributed by atoms with E-state index in [4.69, 9.17) is 14.0 Å². The van der Waals surface area contributed by atoms with E-state index < -0.39 is 58.2 Å². The van der Waals surface area contributed by atoms with Crippen LogP contribution in [0.1, 0.15) is 43.8 Å². The van der Waals surface area contributed by atoms with Gasteiger partial charge in [0.05, 0.1) is 11.0 Å². The van der Waals surface area contributed by atoms with Crippen molar-refractivity contribution in [2.75, 3.05) is 6.79 Å². The number of esters is 2. The highest BCUT2D eigenvalue weighted by atomic mass is 32.2. The molecule has 1 N–H and O–H groups in total. The van der Waals surface area contributed by atoms with Gasteiger partial charge in [-0.1, -0.05) is 35.5 Å². The van der Waals surface area contributed by atoms with Crippen molar-refractivity contribution in [3.63, 3.8) is 0 Å². The lowest BCUT2D eigenvalue weighted by Crippen LogP contribution is -2.74. The van der Waals surface area contributed by atoms with E-state index in [-0.39, 0.29) is 33.3 Å². The first kappa shape index (κ1) is 27.6. The van der Waals surface area contributed by atoms with Gasteiger partial charge < -0.3 is 24.8 Å². The SMILES string of the molecule is CC1=C(C(=O)OCOC(=O)C(C)(C)C)N2C(=O)C(NC(=O)c3c(-c4ccccc4)noc3C)[C@H]2S(=O)C1=[N+]=[N-]. The Morgan fingerprint density at radius 3 is 2.46 bits per heavy atom. The van der Waals surface area contributed by atoms with Crippen molar-refractivity contribution in [3.8, 4) is 11.3 Å². The molecule has 1 saturated heterocycles. The van der Waals surface area contributed by atoms with Crippen molar-refractivity contribution >= 4 is 39.6 Å². The van der Waals surface area contributed by atoms with Crippen molar-refractivity contribution in [1.29, 1.82) is 0 Å². The van der Waals surface area contributed by atoms with Gasteiger partial charge in [0, 0.05) is 5.56 Å². The summed E-state index contributed by atoms with van der Waals surface area (Å²) in [6, 6.07) is 7.44. The van der Waals surface area contributed by atoms with Gasteiger partial charge in [0.15, 0.2) is 16.2 Å². The van der Waals surface area contributed by atoms with Gasteiger partial charge in [-0.2, -0.15) is 4.79 Å². The fourth-order valence-electron chi connectivity index (χ4n) is 4.04. The summed E-state index contributed by atoms with van der Waals surface area (Å²) in [4.78, 5) is 55.2. The van der Waals surface area contributed by atoms with Crippen LogP contribution in [0.3, 0.4) is 0 Å². The van der Waals surface area contributed by atoms with Crippen LogP contribution in [-0.4, -0.2) is 66.1 Å². The third kappa shape index (κ3) is 4.91. The predicted octanol–water partition coefficient (Wildman–Crippen LogP) is 1.67. The number of nitrogens with one attached hydrogen (secondary N) is 1. The van der Waals surface area contributed by atoms with Crippen LogP contribution in [0.25, 0.3) is 16.8 Å². The number of nitrogens with zero attached hydrogens (tertiary/aromatic N) is 4. The first-order chi connectivity index (χ1) is 18.4. The molecule has 1 fully saturated rings. The molecule has 13 nitrogen and oxygen atoms in total. The van der Waals surface area contributed by atoms with Gasteiger partial charge in [-0.05, 0) is 34.6 Å². The molecule has 2 aromatic rings. The summed E-state index contributed by atoms with van der Waals surface area (Å²) in [5.74, 6) is -2.96. The Bertz CT molecular complexity index is 1480. The smallest absolute Gasteiger partial charge is 0.386 e. The van der Waals surface area contributed by atoms with E-state index in [2.05, 4.69) is 15.3 Å². The molecule has 1 aromatic carbocycles. The molecule has 0 saturated carbocycles. The Morgan fingerprint density at radius 1 is 1.18 bits per heavy atom. The molecule has 204 valence electrons. The van der Waals surface area contributed by atoms with Gasteiger partial charge in [0.2, 0.25) is 6.79 Å². The van der Waals surface area contributed by atoms with Crippen LogP contribution in [0.15, 0.2) is 46.1 Å². The average molecular weight is 556 g/mol. The van der Waals surface area contributed by atoms with Crippen molar-refractivity contribution < 1.29 is 42.2 Å². The van der Waals surface area contributed by atoms with Crippen LogP contribution in [0, 0.1) is 12.3 Å². The molecule has 3 heterocycles. The molecule has 0 bridgehead atoms. The van der Waals surface area contributed by atoms with Crippen LogP contribution in [0.4, 0.5) is 0 Å². The standard InChI is InChI=1S/C25H25N5O8S/c1-12-18(23(33)36-11-37-24(34)25(3,4)5)30-21(32)17(22(30)39(35)20(12)28-26)27-19(31)15-13(2)38-29-16(15)14-9-7-6-8-10-14/h6-10,17,22H,11H2,1-5H3,(H,27,31)/t17?,22-,39?/m1/s1. The van der Waals surface area contributed by atoms with Crippen LogP contribution in [-0.2, 0) is 34.7 Å². The van der Waals surface area contributed by atoms with Crippen molar-refractivity contribution in [3.05, 3.63) is 58.5 Å². The minimum Gasteiger partial charge on any atom is -0.427 e. The number of rotatable bonds is 6. The van der Waals surface area contributed by atoms with Crippen LogP contribution in [0.2, 0.25) is 0 Å². The molecular formula is C25H25N5O8S. The molecule has 3 atom stereocenters. The zero-order chi connectivity index (χ0) is 28.6. The largest absolute Gasteiger partial charge is 0.427 e. The third-order valence-corrected chi connectivity index (χ3v) is 7.76. The molecule has 1 aromatic heterocycles. The van der Waals surface area contributed by atoms with Crippen LogP contribution in [0.5, 0.6) is 0 Å². The Hall–Kier alpha value is -4.42. The van der Waals surface area contributed by atoms with Gasteiger partial charge in [0.1, 0.15) is 28.8 Å². The fourth-order valence-corrected chi connectivity index (χ4v) is 5.58. The van der Waals surface area contributed by atoms with Crippen LogP contribution >= 0.6 is 0 Å². The number of aromatic nitrogens is 1. The normalized spacial score (nSPS) is 20.5. The van der Waals surface area contributed by atoms with Crippen molar-refractivity contribution in [1.82, 2.24) is 15.4 Å². The summed E-state index contributed by atoms with van der Waals surface area (Å²) < 4.78 is 28.4. The summed E-state index contributed by atoms with van der Waals surface area (Å²) >= 11 is 0. The molecule has 4 rings (SSSR count). The van der Waals surface area contributed by atoms with E-state index in [1.165, 1.54) is 13.8 Å². The Balaban J connectivity index is 1.57.